The highest BCUT2D eigenvalue weighted by molar-refractivity contribution is 9.10. The van der Waals surface area contributed by atoms with E-state index in [9.17, 15) is 22.4 Å². The van der Waals surface area contributed by atoms with Crippen LogP contribution in [0.15, 0.2) is 39.7 Å². The Balaban J connectivity index is 1.56. The molecule has 2 aliphatic rings. The van der Waals surface area contributed by atoms with Gasteiger partial charge >= 0.3 is 0 Å². The third kappa shape index (κ3) is 4.20. The van der Waals surface area contributed by atoms with Crippen molar-refractivity contribution < 1.29 is 22.4 Å². The normalized spacial score (nSPS) is 17.8. The Kier molecular flexibility index (Phi) is 6.15. The van der Waals surface area contributed by atoms with Gasteiger partial charge in [0.25, 0.3) is 0 Å². The van der Waals surface area contributed by atoms with Crippen LogP contribution < -0.4 is 9.80 Å². The molecule has 2 aliphatic heterocycles. The summed E-state index contributed by atoms with van der Waals surface area (Å²) in [6.07, 6.45) is 1.83. The number of carbonyl (C=O) groups is 2. The molecule has 0 aromatic heterocycles. The lowest BCUT2D eigenvalue weighted by Crippen LogP contribution is -2.42. The van der Waals surface area contributed by atoms with Crippen LogP contribution in [0.5, 0.6) is 0 Å². The molecule has 9 heteroatoms. The van der Waals surface area contributed by atoms with Crippen molar-refractivity contribution in [2.24, 2.45) is 0 Å². The van der Waals surface area contributed by atoms with E-state index < -0.39 is 9.84 Å². The summed E-state index contributed by atoms with van der Waals surface area (Å²) in [5.41, 5.74) is 2.91. The van der Waals surface area contributed by atoms with E-state index in [2.05, 4.69) is 15.9 Å². The minimum absolute atomic E-state index is 0.0753. The van der Waals surface area contributed by atoms with Gasteiger partial charge in [-0.15, -0.1) is 0 Å². The Morgan fingerprint density at radius 3 is 2.56 bits per heavy atom. The Labute approximate surface area is 195 Å². The Bertz CT molecular complexity index is 1210. The largest absolute Gasteiger partial charge is 0.312 e. The molecule has 0 unspecified atom stereocenters. The molecule has 0 N–H and O–H groups in total. The van der Waals surface area contributed by atoms with Gasteiger partial charge < -0.3 is 9.80 Å². The second kappa shape index (κ2) is 8.59. The maximum Gasteiger partial charge on any atom is 0.228 e. The number of amides is 2. The molecule has 1 atom stereocenters. The Morgan fingerprint density at radius 2 is 1.84 bits per heavy atom. The lowest BCUT2D eigenvalue weighted by atomic mass is 9.96. The zero-order valence-corrected chi connectivity index (χ0v) is 20.3. The summed E-state index contributed by atoms with van der Waals surface area (Å²) in [6, 6.07) is 7.50. The van der Waals surface area contributed by atoms with Gasteiger partial charge in [0, 0.05) is 41.8 Å². The minimum Gasteiger partial charge on any atom is -0.312 e. The lowest BCUT2D eigenvalue weighted by Gasteiger charge is -2.35. The quantitative estimate of drug-likeness (QED) is 0.607. The fourth-order valence-corrected chi connectivity index (χ4v) is 6.95. The second-order valence-corrected chi connectivity index (χ2v) is 11.3. The predicted octanol–water partition coefficient (Wildman–Crippen LogP) is 4.03. The lowest BCUT2D eigenvalue weighted by molar-refractivity contribution is -0.119. The molecular formula is C23H24BrFN2O4S. The van der Waals surface area contributed by atoms with Crippen molar-refractivity contribution in [1.29, 1.82) is 0 Å². The summed E-state index contributed by atoms with van der Waals surface area (Å²) in [6.45, 7) is 3.88. The first-order valence-corrected chi connectivity index (χ1v) is 13.0. The molecule has 2 aromatic rings. The first-order chi connectivity index (χ1) is 15.1. The van der Waals surface area contributed by atoms with E-state index in [1.165, 1.54) is 25.1 Å². The topological polar surface area (TPSA) is 74.8 Å². The van der Waals surface area contributed by atoms with Crippen LogP contribution in [-0.4, -0.2) is 38.6 Å². The zero-order valence-electron chi connectivity index (χ0n) is 17.9. The molecule has 32 heavy (non-hydrogen) atoms. The summed E-state index contributed by atoms with van der Waals surface area (Å²) < 4.78 is 40.3. The standard InChI is InChI=1S/C23H24BrFN2O4S/c1-14-3-4-16-11-18(25)5-6-20(16)27(14)23(29)8-10-32(30,31)22-13-21-17(12-19(22)24)7-9-26(21)15(2)28/h5-6,11-14H,3-4,7-10H2,1-2H3/t14-/m1/s1. The second-order valence-electron chi connectivity index (χ2n) is 8.33. The van der Waals surface area contributed by atoms with Crippen molar-refractivity contribution in [1.82, 2.24) is 0 Å². The van der Waals surface area contributed by atoms with Crippen molar-refractivity contribution in [3.05, 3.63) is 51.7 Å². The highest BCUT2D eigenvalue weighted by Gasteiger charge is 2.31. The Morgan fingerprint density at radius 1 is 1.12 bits per heavy atom. The van der Waals surface area contributed by atoms with E-state index in [4.69, 9.17) is 0 Å². The van der Waals surface area contributed by atoms with E-state index in [0.29, 0.717) is 41.7 Å². The summed E-state index contributed by atoms with van der Waals surface area (Å²) in [5, 5.41) is 0. The average Bonchev–Trinajstić information content (AvgIpc) is 3.14. The van der Waals surface area contributed by atoms with Crippen LogP contribution in [0, 0.1) is 5.82 Å². The summed E-state index contributed by atoms with van der Waals surface area (Å²) in [7, 11) is -3.79. The summed E-state index contributed by atoms with van der Waals surface area (Å²) in [5.74, 6) is -1.16. The number of hydrogen-bond donors (Lipinski definition) is 0. The van der Waals surface area contributed by atoms with Gasteiger partial charge in [-0.2, -0.15) is 0 Å². The molecule has 6 nitrogen and oxygen atoms in total. The number of aryl methyl sites for hydroxylation is 1. The number of halogens is 2. The number of carbonyl (C=O) groups excluding carboxylic acids is 2. The van der Waals surface area contributed by atoms with E-state index in [0.717, 1.165) is 11.1 Å². The molecular weight excluding hydrogens is 499 g/mol. The predicted molar refractivity (Wildman–Crippen MR) is 124 cm³/mol. The summed E-state index contributed by atoms with van der Waals surface area (Å²) in [4.78, 5) is 28.2. The number of benzene rings is 2. The van der Waals surface area contributed by atoms with E-state index in [1.807, 2.05) is 6.92 Å². The third-order valence-electron chi connectivity index (χ3n) is 6.17. The van der Waals surface area contributed by atoms with Crippen LogP contribution in [-0.2, 0) is 32.3 Å². The van der Waals surface area contributed by atoms with Crippen LogP contribution in [0.3, 0.4) is 0 Å². The highest BCUT2D eigenvalue weighted by Crippen LogP contribution is 2.36. The van der Waals surface area contributed by atoms with E-state index >= 15 is 0 Å². The van der Waals surface area contributed by atoms with Gasteiger partial charge in [-0.3, -0.25) is 9.59 Å². The Hall–Kier alpha value is -2.26. The molecule has 0 spiro atoms. The molecule has 2 aromatic carbocycles. The van der Waals surface area contributed by atoms with Crippen LogP contribution in [0.2, 0.25) is 0 Å². The molecule has 0 saturated heterocycles. The molecule has 4 rings (SSSR count). The highest BCUT2D eigenvalue weighted by atomic mass is 79.9. The van der Waals surface area contributed by atoms with Crippen molar-refractivity contribution in [3.8, 4) is 0 Å². The van der Waals surface area contributed by atoms with Gasteiger partial charge in [-0.05, 0) is 83.6 Å². The van der Waals surface area contributed by atoms with Crippen molar-refractivity contribution in [3.63, 3.8) is 0 Å². The van der Waals surface area contributed by atoms with Gasteiger partial charge in [0.2, 0.25) is 11.8 Å². The fraction of sp³-hybridized carbons (Fsp3) is 0.391. The van der Waals surface area contributed by atoms with E-state index in [-0.39, 0.29) is 40.7 Å². The summed E-state index contributed by atoms with van der Waals surface area (Å²) >= 11 is 3.35. The number of fused-ring (bicyclic) bond motifs is 2. The molecule has 2 amide bonds. The SMILES string of the molecule is CC(=O)N1CCc2cc(Br)c(S(=O)(=O)CCC(=O)N3c4ccc(F)cc4CC[C@H]3C)cc21. The average molecular weight is 523 g/mol. The fourth-order valence-electron chi connectivity index (χ4n) is 4.51. The van der Waals surface area contributed by atoms with Gasteiger partial charge in [0.1, 0.15) is 5.82 Å². The van der Waals surface area contributed by atoms with Crippen molar-refractivity contribution in [2.75, 3.05) is 22.1 Å². The van der Waals surface area contributed by atoms with Crippen molar-refractivity contribution in [2.45, 2.75) is 50.5 Å². The van der Waals surface area contributed by atoms with Gasteiger partial charge in [-0.25, -0.2) is 12.8 Å². The van der Waals surface area contributed by atoms with Gasteiger partial charge in [0.05, 0.1) is 10.6 Å². The number of hydrogen-bond acceptors (Lipinski definition) is 4. The smallest absolute Gasteiger partial charge is 0.228 e. The van der Waals surface area contributed by atoms with Crippen LogP contribution >= 0.6 is 15.9 Å². The van der Waals surface area contributed by atoms with Crippen molar-refractivity contribution >= 4 is 49.0 Å². The van der Waals surface area contributed by atoms with E-state index in [1.54, 1.807) is 21.9 Å². The number of rotatable bonds is 4. The molecule has 0 fully saturated rings. The number of nitrogens with zero attached hydrogens (tertiary/aromatic N) is 2. The molecule has 170 valence electrons. The third-order valence-corrected chi connectivity index (χ3v) is 8.84. The zero-order chi connectivity index (χ0) is 23.2. The minimum atomic E-state index is -3.79. The molecule has 2 heterocycles. The molecule has 0 bridgehead atoms. The number of anilines is 2. The first-order valence-electron chi connectivity index (χ1n) is 10.5. The molecule has 0 aliphatic carbocycles. The van der Waals surface area contributed by atoms with Gasteiger partial charge in [-0.1, -0.05) is 0 Å². The maximum atomic E-state index is 13.6. The molecule has 0 radical (unpaired) electrons. The van der Waals surface area contributed by atoms with Gasteiger partial charge in [0.15, 0.2) is 9.84 Å². The van der Waals surface area contributed by atoms with Crippen LogP contribution in [0.1, 0.15) is 37.8 Å². The molecule has 0 saturated carbocycles. The maximum absolute atomic E-state index is 13.6. The monoisotopic (exact) mass is 522 g/mol. The number of sulfone groups is 1. The van der Waals surface area contributed by atoms with Crippen LogP contribution in [0.4, 0.5) is 15.8 Å². The van der Waals surface area contributed by atoms with Crippen LogP contribution in [0.25, 0.3) is 0 Å². The first kappa shape index (κ1) is 22.9.